The third-order valence-corrected chi connectivity index (χ3v) is 2.82. The molecule has 0 aromatic heterocycles. The van der Waals surface area contributed by atoms with Crippen LogP contribution in [0.2, 0.25) is 0 Å². The van der Waals surface area contributed by atoms with Crippen molar-refractivity contribution in [1.29, 1.82) is 0 Å². The molecule has 1 aliphatic heterocycles. The average Bonchev–Trinajstić information content (AvgIpc) is 2.33. The highest BCUT2D eigenvalue weighted by Crippen LogP contribution is 2.31. The summed E-state index contributed by atoms with van der Waals surface area (Å²) in [5, 5.41) is 0. The first-order valence-electron chi connectivity index (χ1n) is 5.69. The second-order valence-electron chi connectivity index (χ2n) is 4.54. The van der Waals surface area contributed by atoms with Crippen molar-refractivity contribution in [2.45, 2.75) is 52.1 Å². The van der Waals surface area contributed by atoms with Gasteiger partial charge in [-0.3, -0.25) is 4.90 Å². The van der Waals surface area contributed by atoms with Crippen LogP contribution in [0.5, 0.6) is 0 Å². The number of cyclic esters (lactones) is 1. The molecule has 0 aromatic carbocycles. The normalized spacial score (nSPS) is 19.5. The highest BCUT2D eigenvalue weighted by molar-refractivity contribution is 5.74. The van der Waals surface area contributed by atoms with Gasteiger partial charge in [-0.15, -0.1) is 0 Å². The monoisotopic (exact) mass is 211 g/mol. The van der Waals surface area contributed by atoms with Gasteiger partial charge in [0.1, 0.15) is 5.60 Å². The number of carbonyl (C=O) groups is 1. The summed E-state index contributed by atoms with van der Waals surface area (Å²) in [6.07, 6.45) is 4.36. The van der Waals surface area contributed by atoms with Crippen LogP contribution < -0.4 is 0 Å². The van der Waals surface area contributed by atoms with E-state index in [2.05, 4.69) is 13.5 Å². The molecule has 15 heavy (non-hydrogen) atoms. The van der Waals surface area contributed by atoms with Gasteiger partial charge in [0.15, 0.2) is 0 Å². The quantitative estimate of drug-likeness (QED) is 0.653. The second-order valence-corrected chi connectivity index (χ2v) is 4.54. The van der Waals surface area contributed by atoms with E-state index in [4.69, 9.17) is 4.74 Å². The summed E-state index contributed by atoms with van der Waals surface area (Å²) in [7, 11) is 0. The first-order valence-corrected chi connectivity index (χ1v) is 5.69. The number of rotatable bonds is 5. The van der Waals surface area contributed by atoms with Crippen molar-refractivity contribution < 1.29 is 9.53 Å². The van der Waals surface area contributed by atoms with Crippen LogP contribution in [-0.2, 0) is 4.74 Å². The summed E-state index contributed by atoms with van der Waals surface area (Å²) in [5.74, 6) is 0. The molecule has 0 radical (unpaired) electrons. The summed E-state index contributed by atoms with van der Waals surface area (Å²) in [6.45, 7) is 10.6. The molecular weight excluding hydrogens is 190 g/mol. The zero-order valence-electron chi connectivity index (χ0n) is 10.0. The predicted octanol–water partition coefficient (Wildman–Crippen LogP) is 3.31. The standard InChI is InChI=1S/C12H21NO2/c1-5-6-7-8-9-13-10(2)12(3,4)15-11(13)14/h2,5-9H2,1,3-4H3. The first-order chi connectivity index (χ1) is 6.99. The number of carbonyl (C=O) groups excluding carboxylic acids is 1. The van der Waals surface area contributed by atoms with Crippen molar-refractivity contribution in [2.24, 2.45) is 0 Å². The molecule has 0 aromatic rings. The molecule has 0 spiro atoms. The van der Waals surface area contributed by atoms with E-state index in [1.54, 1.807) is 4.90 Å². The van der Waals surface area contributed by atoms with E-state index in [1.807, 2.05) is 13.8 Å². The fourth-order valence-electron chi connectivity index (χ4n) is 1.69. The second kappa shape index (κ2) is 4.69. The third-order valence-electron chi connectivity index (χ3n) is 2.82. The number of amides is 1. The van der Waals surface area contributed by atoms with Crippen molar-refractivity contribution in [3.8, 4) is 0 Å². The number of unbranched alkanes of at least 4 members (excludes halogenated alkanes) is 3. The molecule has 1 heterocycles. The molecule has 1 fully saturated rings. The number of nitrogens with zero attached hydrogens (tertiary/aromatic N) is 1. The Bertz CT molecular complexity index is 258. The van der Waals surface area contributed by atoms with Gasteiger partial charge in [-0.05, 0) is 20.3 Å². The highest BCUT2D eigenvalue weighted by Gasteiger charge is 2.41. The van der Waals surface area contributed by atoms with Crippen molar-refractivity contribution in [3.63, 3.8) is 0 Å². The summed E-state index contributed by atoms with van der Waals surface area (Å²) < 4.78 is 5.22. The van der Waals surface area contributed by atoms with Gasteiger partial charge >= 0.3 is 6.09 Å². The maximum Gasteiger partial charge on any atom is 0.415 e. The van der Waals surface area contributed by atoms with Crippen molar-refractivity contribution in [3.05, 3.63) is 12.3 Å². The molecule has 0 atom stereocenters. The van der Waals surface area contributed by atoms with E-state index >= 15 is 0 Å². The molecule has 3 heteroatoms. The lowest BCUT2D eigenvalue weighted by Crippen LogP contribution is -2.26. The van der Waals surface area contributed by atoms with Crippen molar-refractivity contribution in [1.82, 2.24) is 4.90 Å². The molecule has 86 valence electrons. The Morgan fingerprint density at radius 2 is 2.00 bits per heavy atom. The lowest BCUT2D eigenvalue weighted by Gasteiger charge is -2.18. The molecule has 3 nitrogen and oxygen atoms in total. The fraction of sp³-hybridized carbons (Fsp3) is 0.750. The van der Waals surface area contributed by atoms with Crippen LogP contribution in [0, 0.1) is 0 Å². The molecule has 0 saturated carbocycles. The van der Waals surface area contributed by atoms with Gasteiger partial charge in [0, 0.05) is 6.54 Å². The Balaban J connectivity index is 2.42. The van der Waals surface area contributed by atoms with Crippen LogP contribution in [0.25, 0.3) is 0 Å². The van der Waals surface area contributed by atoms with Gasteiger partial charge in [-0.25, -0.2) is 4.79 Å². The molecule has 0 unspecified atom stereocenters. The van der Waals surface area contributed by atoms with Crippen molar-refractivity contribution in [2.75, 3.05) is 6.54 Å². The van der Waals surface area contributed by atoms with E-state index in [9.17, 15) is 4.79 Å². The molecule has 1 saturated heterocycles. The molecule has 0 aliphatic carbocycles. The maximum atomic E-state index is 11.5. The topological polar surface area (TPSA) is 29.5 Å². The van der Waals surface area contributed by atoms with Gasteiger partial charge in [-0.1, -0.05) is 32.8 Å². The number of ether oxygens (including phenoxy) is 1. The lowest BCUT2D eigenvalue weighted by atomic mass is 10.1. The minimum Gasteiger partial charge on any atom is -0.437 e. The summed E-state index contributed by atoms with van der Waals surface area (Å²) >= 11 is 0. The fourth-order valence-corrected chi connectivity index (χ4v) is 1.69. The van der Waals surface area contributed by atoms with E-state index in [1.165, 1.54) is 12.8 Å². The Labute approximate surface area is 92.1 Å². The lowest BCUT2D eigenvalue weighted by molar-refractivity contribution is 0.0934. The minimum absolute atomic E-state index is 0.249. The Kier molecular flexibility index (Phi) is 3.77. The summed E-state index contributed by atoms with van der Waals surface area (Å²) in [5.41, 5.74) is 0.256. The average molecular weight is 211 g/mol. The maximum absolute atomic E-state index is 11.5. The smallest absolute Gasteiger partial charge is 0.415 e. The van der Waals surface area contributed by atoms with Crippen LogP contribution in [0.4, 0.5) is 4.79 Å². The minimum atomic E-state index is -0.526. The molecule has 1 amide bonds. The summed E-state index contributed by atoms with van der Waals surface area (Å²) in [4.78, 5) is 13.2. The largest absolute Gasteiger partial charge is 0.437 e. The molecule has 0 N–H and O–H groups in total. The van der Waals surface area contributed by atoms with Crippen LogP contribution >= 0.6 is 0 Å². The Morgan fingerprint density at radius 1 is 1.33 bits per heavy atom. The SMILES string of the molecule is C=C1N(CCCCCC)C(=O)OC1(C)C. The third kappa shape index (κ3) is 2.74. The van der Waals surface area contributed by atoms with E-state index in [0.29, 0.717) is 0 Å². The highest BCUT2D eigenvalue weighted by atomic mass is 16.6. The van der Waals surface area contributed by atoms with Gasteiger partial charge in [-0.2, -0.15) is 0 Å². The van der Waals surface area contributed by atoms with Gasteiger partial charge in [0.2, 0.25) is 0 Å². The van der Waals surface area contributed by atoms with Crippen LogP contribution in [-0.4, -0.2) is 23.1 Å². The predicted molar refractivity (Wildman–Crippen MR) is 60.5 cm³/mol. The van der Waals surface area contributed by atoms with E-state index < -0.39 is 5.60 Å². The van der Waals surface area contributed by atoms with Crippen LogP contribution in [0.1, 0.15) is 46.5 Å². The van der Waals surface area contributed by atoms with Gasteiger partial charge in [0.05, 0.1) is 5.70 Å². The van der Waals surface area contributed by atoms with Crippen LogP contribution in [0.15, 0.2) is 12.3 Å². The number of hydrogen-bond acceptors (Lipinski definition) is 2. The zero-order chi connectivity index (χ0) is 11.5. The van der Waals surface area contributed by atoms with Crippen LogP contribution in [0.3, 0.4) is 0 Å². The molecular formula is C12H21NO2. The molecule has 1 rings (SSSR count). The first kappa shape index (κ1) is 12.1. The molecule has 0 bridgehead atoms. The van der Waals surface area contributed by atoms with E-state index in [-0.39, 0.29) is 6.09 Å². The van der Waals surface area contributed by atoms with Gasteiger partial charge in [0.25, 0.3) is 0 Å². The zero-order valence-corrected chi connectivity index (χ0v) is 10.0. The van der Waals surface area contributed by atoms with Crippen molar-refractivity contribution >= 4 is 6.09 Å². The molecule has 1 aliphatic rings. The number of hydrogen-bond donors (Lipinski definition) is 0. The van der Waals surface area contributed by atoms with E-state index in [0.717, 1.165) is 25.1 Å². The van der Waals surface area contributed by atoms with Gasteiger partial charge < -0.3 is 4.74 Å². The Morgan fingerprint density at radius 3 is 2.47 bits per heavy atom. The Hall–Kier alpha value is -0.990. The summed E-state index contributed by atoms with van der Waals surface area (Å²) in [6, 6.07) is 0.